The summed E-state index contributed by atoms with van der Waals surface area (Å²) in [6.07, 6.45) is 0. The van der Waals surface area contributed by atoms with Crippen LogP contribution in [0.15, 0.2) is 71.2 Å². The number of aromatic nitrogens is 3. The van der Waals surface area contributed by atoms with Gasteiger partial charge in [0.2, 0.25) is 0 Å². The third kappa shape index (κ3) is 3.39. The molecule has 2 heterocycles. The second-order valence-electron chi connectivity index (χ2n) is 12.6. The molecular formula is C34H30BrN3. The minimum atomic E-state index is -0.0875. The molecule has 2 aromatic heterocycles. The van der Waals surface area contributed by atoms with E-state index in [1.807, 2.05) is 12.1 Å². The van der Waals surface area contributed by atoms with Crippen molar-refractivity contribution < 1.29 is 0 Å². The van der Waals surface area contributed by atoms with Crippen molar-refractivity contribution in [2.45, 2.75) is 52.4 Å². The first-order chi connectivity index (χ1) is 18.0. The molecule has 0 amide bonds. The van der Waals surface area contributed by atoms with Crippen molar-refractivity contribution in [1.29, 1.82) is 0 Å². The highest BCUT2D eigenvalue weighted by atomic mass is 79.9. The molecule has 1 N–H and O–H groups in total. The molecule has 38 heavy (non-hydrogen) atoms. The van der Waals surface area contributed by atoms with Gasteiger partial charge in [-0.05, 0) is 68.4 Å². The minimum absolute atomic E-state index is 0.0206. The number of fused-ring (bicyclic) bond motifs is 10. The Labute approximate surface area is 230 Å². The SMILES string of the molecule is CC(C)(C)c1cc2c(ccc3c2[nH]c2cc(C(C)(C)C)c4nc5cc(Br)ccc5nc4c23)c2ccccc12. The first kappa shape index (κ1) is 23.6. The van der Waals surface area contributed by atoms with Gasteiger partial charge < -0.3 is 4.98 Å². The third-order valence-electron chi connectivity index (χ3n) is 7.86. The van der Waals surface area contributed by atoms with Gasteiger partial charge in [-0.15, -0.1) is 0 Å². The van der Waals surface area contributed by atoms with Crippen molar-refractivity contribution in [2.24, 2.45) is 0 Å². The van der Waals surface area contributed by atoms with Gasteiger partial charge in [-0.3, -0.25) is 0 Å². The number of halogens is 1. The first-order valence-electron chi connectivity index (χ1n) is 13.2. The Kier molecular flexibility index (Phi) is 4.82. The van der Waals surface area contributed by atoms with Gasteiger partial charge in [0.25, 0.3) is 0 Å². The summed E-state index contributed by atoms with van der Waals surface area (Å²) in [6.45, 7) is 13.6. The fraction of sp³-hybridized carbons (Fsp3) is 0.235. The van der Waals surface area contributed by atoms with Gasteiger partial charge in [0.1, 0.15) is 0 Å². The molecule has 0 spiro atoms. The van der Waals surface area contributed by atoms with E-state index in [-0.39, 0.29) is 10.8 Å². The lowest BCUT2D eigenvalue weighted by atomic mass is 9.81. The summed E-state index contributed by atoms with van der Waals surface area (Å²) in [5.41, 5.74) is 8.53. The lowest BCUT2D eigenvalue weighted by Gasteiger charge is -2.23. The van der Waals surface area contributed by atoms with Crippen molar-refractivity contribution in [3.8, 4) is 0 Å². The number of H-pyrrole nitrogens is 1. The van der Waals surface area contributed by atoms with E-state index >= 15 is 0 Å². The predicted molar refractivity (Wildman–Crippen MR) is 167 cm³/mol. The number of aromatic amines is 1. The fourth-order valence-electron chi connectivity index (χ4n) is 6.02. The van der Waals surface area contributed by atoms with Crippen LogP contribution in [-0.2, 0) is 10.8 Å². The van der Waals surface area contributed by atoms with E-state index < -0.39 is 0 Å². The second kappa shape index (κ2) is 7.77. The maximum absolute atomic E-state index is 5.23. The smallest absolute Gasteiger partial charge is 0.0997 e. The van der Waals surface area contributed by atoms with Crippen molar-refractivity contribution >= 4 is 81.3 Å². The Balaban J connectivity index is 1.70. The Morgan fingerprint density at radius 1 is 0.605 bits per heavy atom. The molecule has 188 valence electrons. The molecule has 0 aliphatic carbocycles. The van der Waals surface area contributed by atoms with Gasteiger partial charge in [0, 0.05) is 26.1 Å². The van der Waals surface area contributed by atoms with E-state index in [0.717, 1.165) is 37.4 Å². The van der Waals surface area contributed by atoms with Crippen LogP contribution in [0.25, 0.3) is 65.4 Å². The molecule has 0 unspecified atom stereocenters. The molecule has 7 rings (SSSR count). The van der Waals surface area contributed by atoms with Crippen LogP contribution in [-0.4, -0.2) is 15.0 Å². The molecular weight excluding hydrogens is 530 g/mol. The van der Waals surface area contributed by atoms with Crippen LogP contribution < -0.4 is 0 Å². The molecule has 0 aliphatic heterocycles. The average molecular weight is 561 g/mol. The third-order valence-corrected chi connectivity index (χ3v) is 8.36. The zero-order chi connectivity index (χ0) is 26.6. The van der Waals surface area contributed by atoms with Crippen molar-refractivity contribution in [3.05, 3.63) is 82.3 Å². The summed E-state index contributed by atoms with van der Waals surface area (Å²) in [5, 5.41) is 7.49. The van der Waals surface area contributed by atoms with Crippen LogP contribution in [0, 0.1) is 0 Å². The maximum atomic E-state index is 5.23. The Bertz CT molecular complexity index is 2100. The van der Waals surface area contributed by atoms with Crippen LogP contribution in [0.4, 0.5) is 0 Å². The van der Waals surface area contributed by atoms with Gasteiger partial charge in [-0.2, -0.15) is 0 Å². The predicted octanol–water partition coefficient (Wildman–Crippen LogP) is 10.1. The summed E-state index contributed by atoms with van der Waals surface area (Å²) in [6, 6.07) is 24.2. The molecule has 5 aromatic carbocycles. The number of nitrogens with one attached hydrogen (secondary N) is 1. The number of benzene rings is 5. The molecule has 0 aliphatic rings. The summed E-state index contributed by atoms with van der Waals surface area (Å²) < 4.78 is 1.01. The van der Waals surface area contributed by atoms with Crippen molar-refractivity contribution in [3.63, 3.8) is 0 Å². The highest BCUT2D eigenvalue weighted by molar-refractivity contribution is 9.10. The van der Waals surface area contributed by atoms with E-state index in [1.165, 1.54) is 43.6 Å². The van der Waals surface area contributed by atoms with Gasteiger partial charge in [0.05, 0.1) is 27.6 Å². The van der Waals surface area contributed by atoms with E-state index in [2.05, 4.69) is 117 Å². The molecule has 4 heteroatoms. The molecule has 0 saturated carbocycles. The quantitative estimate of drug-likeness (QED) is 0.148. The Morgan fingerprint density at radius 2 is 1.26 bits per heavy atom. The Hall–Kier alpha value is -3.50. The normalized spacial score (nSPS) is 13.1. The topological polar surface area (TPSA) is 41.6 Å². The molecule has 3 nitrogen and oxygen atoms in total. The first-order valence-corrected chi connectivity index (χ1v) is 14.0. The lowest BCUT2D eigenvalue weighted by Crippen LogP contribution is -2.13. The van der Waals surface area contributed by atoms with Gasteiger partial charge >= 0.3 is 0 Å². The van der Waals surface area contributed by atoms with E-state index in [9.17, 15) is 0 Å². The van der Waals surface area contributed by atoms with Gasteiger partial charge in [-0.1, -0.05) is 93.9 Å². The van der Waals surface area contributed by atoms with Crippen LogP contribution >= 0.6 is 15.9 Å². The summed E-state index contributed by atoms with van der Waals surface area (Å²) in [7, 11) is 0. The summed E-state index contributed by atoms with van der Waals surface area (Å²) >= 11 is 3.61. The molecule has 7 aromatic rings. The standard InChI is InChI=1S/C34H30BrN3/c1-33(2,3)24-16-23-20(19-9-7-8-10-21(19)24)12-13-22-29-28(38-30(22)23)17-25(34(4,5)6)31-32(29)36-26-14-11-18(35)15-27(26)37-31/h7-17,38H,1-6H3. The number of nitrogens with zero attached hydrogens (tertiary/aromatic N) is 2. The summed E-state index contributed by atoms with van der Waals surface area (Å²) in [4.78, 5) is 14.3. The average Bonchev–Trinajstić information content (AvgIpc) is 3.24. The van der Waals surface area contributed by atoms with E-state index in [4.69, 9.17) is 9.97 Å². The minimum Gasteiger partial charge on any atom is -0.354 e. The zero-order valence-electron chi connectivity index (χ0n) is 22.6. The lowest BCUT2D eigenvalue weighted by molar-refractivity contribution is 0.595. The monoisotopic (exact) mass is 559 g/mol. The highest BCUT2D eigenvalue weighted by Gasteiger charge is 2.24. The van der Waals surface area contributed by atoms with E-state index in [0.29, 0.717) is 0 Å². The van der Waals surface area contributed by atoms with Gasteiger partial charge in [-0.25, -0.2) is 9.97 Å². The molecule has 0 radical (unpaired) electrons. The number of rotatable bonds is 0. The molecule has 0 fully saturated rings. The van der Waals surface area contributed by atoms with Gasteiger partial charge in [0.15, 0.2) is 0 Å². The van der Waals surface area contributed by atoms with Crippen molar-refractivity contribution in [2.75, 3.05) is 0 Å². The highest BCUT2D eigenvalue weighted by Crippen LogP contribution is 2.42. The van der Waals surface area contributed by atoms with Crippen LogP contribution in [0.1, 0.15) is 52.7 Å². The summed E-state index contributed by atoms with van der Waals surface area (Å²) in [5.74, 6) is 0. The van der Waals surface area contributed by atoms with E-state index in [1.54, 1.807) is 0 Å². The maximum Gasteiger partial charge on any atom is 0.0997 e. The number of hydrogen-bond acceptors (Lipinski definition) is 2. The van der Waals surface area contributed by atoms with Crippen LogP contribution in [0.3, 0.4) is 0 Å². The van der Waals surface area contributed by atoms with Crippen LogP contribution in [0.5, 0.6) is 0 Å². The molecule has 0 atom stereocenters. The number of hydrogen-bond donors (Lipinski definition) is 1. The molecule has 0 saturated heterocycles. The molecule has 0 bridgehead atoms. The largest absolute Gasteiger partial charge is 0.354 e. The zero-order valence-corrected chi connectivity index (χ0v) is 24.2. The fourth-order valence-corrected chi connectivity index (χ4v) is 6.37. The van der Waals surface area contributed by atoms with Crippen LogP contribution in [0.2, 0.25) is 0 Å². The second-order valence-corrected chi connectivity index (χ2v) is 13.5. The Morgan fingerprint density at radius 3 is 2.00 bits per heavy atom. The van der Waals surface area contributed by atoms with Crippen molar-refractivity contribution in [1.82, 2.24) is 15.0 Å².